The third-order valence-electron chi connectivity index (χ3n) is 1.90. The van der Waals surface area contributed by atoms with E-state index in [1.54, 1.807) is 7.05 Å². The van der Waals surface area contributed by atoms with E-state index in [2.05, 4.69) is 13.2 Å². The first-order valence-corrected chi connectivity index (χ1v) is 4.25. The standard InChI is InChI=1S/C10H17NO2/c1-6-10(12)11(5)8(3)9(4)13-7-2/h6,8H,1,4,7H2,2-3,5H3/t8-/m0/s1. The fraction of sp³-hybridized carbons (Fsp3) is 0.500. The van der Waals surface area contributed by atoms with Gasteiger partial charge in [-0.05, 0) is 19.9 Å². The van der Waals surface area contributed by atoms with Crippen LogP contribution in [0.5, 0.6) is 0 Å². The Hall–Kier alpha value is -1.25. The topological polar surface area (TPSA) is 29.5 Å². The molecule has 0 rings (SSSR count). The lowest BCUT2D eigenvalue weighted by Crippen LogP contribution is -2.35. The van der Waals surface area contributed by atoms with E-state index in [0.29, 0.717) is 12.4 Å². The SMILES string of the molecule is C=CC(=O)N(C)[C@@H](C)C(=C)OCC. The number of nitrogens with zero attached hydrogens (tertiary/aromatic N) is 1. The summed E-state index contributed by atoms with van der Waals surface area (Å²) in [6.07, 6.45) is 1.27. The molecule has 74 valence electrons. The molecule has 0 spiro atoms. The van der Waals surface area contributed by atoms with E-state index in [9.17, 15) is 4.79 Å². The van der Waals surface area contributed by atoms with Crippen molar-refractivity contribution in [3.05, 3.63) is 25.0 Å². The molecular weight excluding hydrogens is 166 g/mol. The van der Waals surface area contributed by atoms with Crippen molar-refractivity contribution in [1.29, 1.82) is 0 Å². The summed E-state index contributed by atoms with van der Waals surface area (Å²) in [5.74, 6) is 0.466. The fourth-order valence-electron chi connectivity index (χ4n) is 0.857. The molecule has 1 atom stereocenters. The molecule has 0 saturated heterocycles. The average molecular weight is 183 g/mol. The highest BCUT2D eigenvalue weighted by Gasteiger charge is 2.16. The van der Waals surface area contributed by atoms with Crippen molar-refractivity contribution in [3.8, 4) is 0 Å². The van der Waals surface area contributed by atoms with Gasteiger partial charge < -0.3 is 9.64 Å². The Morgan fingerprint density at radius 1 is 1.69 bits per heavy atom. The lowest BCUT2D eigenvalue weighted by molar-refractivity contribution is -0.126. The van der Waals surface area contributed by atoms with Gasteiger partial charge >= 0.3 is 0 Å². The minimum atomic E-state index is -0.131. The van der Waals surface area contributed by atoms with Crippen LogP contribution in [0, 0.1) is 0 Å². The fourth-order valence-corrected chi connectivity index (χ4v) is 0.857. The van der Waals surface area contributed by atoms with Crippen molar-refractivity contribution in [2.75, 3.05) is 13.7 Å². The highest BCUT2D eigenvalue weighted by molar-refractivity contribution is 5.87. The molecule has 3 nitrogen and oxygen atoms in total. The van der Waals surface area contributed by atoms with Gasteiger partial charge in [-0.3, -0.25) is 4.79 Å². The Kier molecular flexibility index (Phi) is 4.89. The maximum absolute atomic E-state index is 11.2. The molecule has 0 bridgehead atoms. The van der Waals surface area contributed by atoms with Crippen LogP contribution < -0.4 is 0 Å². The number of ether oxygens (including phenoxy) is 1. The Morgan fingerprint density at radius 2 is 2.23 bits per heavy atom. The van der Waals surface area contributed by atoms with Gasteiger partial charge in [-0.2, -0.15) is 0 Å². The van der Waals surface area contributed by atoms with Crippen LogP contribution in [0.1, 0.15) is 13.8 Å². The van der Waals surface area contributed by atoms with E-state index in [1.165, 1.54) is 11.0 Å². The molecule has 0 aliphatic heterocycles. The number of hydrogen-bond acceptors (Lipinski definition) is 2. The lowest BCUT2D eigenvalue weighted by Gasteiger charge is -2.25. The molecule has 0 aromatic heterocycles. The third kappa shape index (κ3) is 3.32. The minimum Gasteiger partial charge on any atom is -0.497 e. The van der Waals surface area contributed by atoms with E-state index >= 15 is 0 Å². The van der Waals surface area contributed by atoms with Crippen molar-refractivity contribution in [3.63, 3.8) is 0 Å². The largest absolute Gasteiger partial charge is 0.497 e. The minimum absolute atomic E-state index is 0.120. The van der Waals surface area contributed by atoms with Crippen LogP contribution in [0.2, 0.25) is 0 Å². The average Bonchev–Trinajstić information content (AvgIpc) is 2.14. The number of carbonyl (C=O) groups excluding carboxylic acids is 1. The first kappa shape index (κ1) is 11.8. The first-order chi connectivity index (χ1) is 6.04. The molecule has 0 aliphatic carbocycles. The number of likely N-dealkylation sites (N-methyl/N-ethyl adjacent to an activating group) is 1. The van der Waals surface area contributed by atoms with Crippen molar-refractivity contribution in [2.45, 2.75) is 19.9 Å². The second-order valence-corrected chi connectivity index (χ2v) is 2.73. The van der Waals surface area contributed by atoms with E-state index in [1.807, 2.05) is 13.8 Å². The summed E-state index contributed by atoms with van der Waals surface area (Å²) in [6.45, 7) is 11.5. The predicted octanol–water partition coefficient (Wildman–Crippen LogP) is 1.57. The van der Waals surface area contributed by atoms with Crippen molar-refractivity contribution < 1.29 is 9.53 Å². The summed E-state index contributed by atoms with van der Waals surface area (Å²) in [4.78, 5) is 12.7. The molecule has 0 radical (unpaired) electrons. The predicted molar refractivity (Wildman–Crippen MR) is 53.2 cm³/mol. The van der Waals surface area contributed by atoms with Crippen molar-refractivity contribution in [1.82, 2.24) is 4.90 Å². The van der Waals surface area contributed by atoms with Crippen LogP contribution in [0.4, 0.5) is 0 Å². The van der Waals surface area contributed by atoms with Gasteiger partial charge in [0.05, 0.1) is 12.6 Å². The Labute approximate surface area is 79.7 Å². The van der Waals surface area contributed by atoms with E-state index < -0.39 is 0 Å². The smallest absolute Gasteiger partial charge is 0.246 e. The monoisotopic (exact) mass is 183 g/mol. The van der Waals surface area contributed by atoms with Gasteiger partial charge in [-0.1, -0.05) is 13.2 Å². The van der Waals surface area contributed by atoms with Crippen LogP contribution in [0.25, 0.3) is 0 Å². The second-order valence-electron chi connectivity index (χ2n) is 2.73. The highest BCUT2D eigenvalue weighted by Crippen LogP contribution is 2.08. The molecule has 0 unspecified atom stereocenters. The summed E-state index contributed by atoms with van der Waals surface area (Å²) >= 11 is 0. The molecule has 0 aliphatic rings. The van der Waals surface area contributed by atoms with Gasteiger partial charge in [0.25, 0.3) is 0 Å². The molecule has 3 heteroatoms. The summed E-state index contributed by atoms with van der Waals surface area (Å²) in [6, 6.07) is -0.120. The number of rotatable bonds is 5. The number of hydrogen-bond donors (Lipinski definition) is 0. The first-order valence-electron chi connectivity index (χ1n) is 4.25. The van der Waals surface area contributed by atoms with Crippen molar-refractivity contribution >= 4 is 5.91 Å². The normalized spacial score (nSPS) is 11.6. The molecule has 0 aromatic rings. The summed E-state index contributed by atoms with van der Waals surface area (Å²) < 4.78 is 5.20. The zero-order valence-electron chi connectivity index (χ0n) is 8.54. The molecular formula is C10H17NO2. The number of amides is 1. The van der Waals surface area contributed by atoms with Gasteiger partial charge in [0.1, 0.15) is 5.76 Å². The van der Waals surface area contributed by atoms with Gasteiger partial charge in [-0.25, -0.2) is 0 Å². The van der Waals surface area contributed by atoms with Crippen LogP contribution in [0.15, 0.2) is 25.0 Å². The second kappa shape index (κ2) is 5.41. The quantitative estimate of drug-likeness (QED) is 0.478. The maximum Gasteiger partial charge on any atom is 0.246 e. The molecule has 0 saturated carbocycles. The molecule has 13 heavy (non-hydrogen) atoms. The summed E-state index contributed by atoms with van der Waals surface area (Å²) in [7, 11) is 1.69. The zero-order valence-corrected chi connectivity index (χ0v) is 8.54. The Bertz CT molecular complexity index is 211. The molecule has 0 aromatic carbocycles. The van der Waals surface area contributed by atoms with E-state index in [4.69, 9.17) is 4.74 Å². The van der Waals surface area contributed by atoms with Gasteiger partial charge in [0.15, 0.2) is 0 Å². The maximum atomic E-state index is 11.2. The van der Waals surface area contributed by atoms with Crippen LogP contribution in [-0.4, -0.2) is 30.5 Å². The summed E-state index contributed by atoms with van der Waals surface area (Å²) in [5.41, 5.74) is 0. The molecule has 0 heterocycles. The van der Waals surface area contributed by atoms with E-state index in [0.717, 1.165) is 0 Å². The molecule has 0 fully saturated rings. The van der Waals surface area contributed by atoms with Gasteiger partial charge in [-0.15, -0.1) is 0 Å². The zero-order chi connectivity index (χ0) is 10.4. The van der Waals surface area contributed by atoms with Crippen LogP contribution in [0.3, 0.4) is 0 Å². The Morgan fingerprint density at radius 3 is 2.62 bits per heavy atom. The van der Waals surface area contributed by atoms with Crippen molar-refractivity contribution in [2.24, 2.45) is 0 Å². The molecule has 0 N–H and O–H groups in total. The van der Waals surface area contributed by atoms with Crippen LogP contribution in [-0.2, 0) is 9.53 Å². The Balaban J connectivity index is 4.23. The van der Waals surface area contributed by atoms with Crippen LogP contribution >= 0.6 is 0 Å². The molecule has 1 amide bonds. The summed E-state index contributed by atoms with van der Waals surface area (Å²) in [5, 5.41) is 0. The van der Waals surface area contributed by atoms with Gasteiger partial charge in [0.2, 0.25) is 5.91 Å². The number of carbonyl (C=O) groups is 1. The van der Waals surface area contributed by atoms with E-state index in [-0.39, 0.29) is 11.9 Å². The van der Waals surface area contributed by atoms with Gasteiger partial charge in [0, 0.05) is 7.05 Å². The highest BCUT2D eigenvalue weighted by atomic mass is 16.5. The lowest BCUT2D eigenvalue weighted by atomic mass is 10.2. The third-order valence-corrected chi connectivity index (χ3v) is 1.90.